The Kier molecular flexibility index (Phi) is 4.29. The molecule has 0 radical (unpaired) electrons. The van der Waals surface area contributed by atoms with Gasteiger partial charge in [-0.1, -0.05) is 11.6 Å². The van der Waals surface area contributed by atoms with Gasteiger partial charge in [0.25, 0.3) is 0 Å². The van der Waals surface area contributed by atoms with E-state index in [0.717, 1.165) is 27.7 Å². The third-order valence-corrected chi connectivity index (χ3v) is 4.81. The summed E-state index contributed by atoms with van der Waals surface area (Å²) in [5.41, 5.74) is 4.09. The van der Waals surface area contributed by atoms with Crippen molar-refractivity contribution in [1.82, 2.24) is 4.57 Å². The van der Waals surface area contributed by atoms with Crippen LogP contribution in [0.3, 0.4) is 0 Å². The molecule has 1 aromatic carbocycles. The van der Waals surface area contributed by atoms with Crippen molar-refractivity contribution in [2.45, 2.75) is 45.8 Å². The van der Waals surface area contributed by atoms with E-state index in [1.54, 1.807) is 6.07 Å². The molecule has 2 heterocycles. The van der Waals surface area contributed by atoms with Gasteiger partial charge in [-0.15, -0.1) is 0 Å². The van der Waals surface area contributed by atoms with Gasteiger partial charge >= 0.3 is 5.97 Å². The third-order valence-electron chi connectivity index (χ3n) is 4.53. The van der Waals surface area contributed by atoms with Crippen LogP contribution in [0, 0.1) is 18.3 Å². The molecule has 1 unspecified atom stereocenters. The van der Waals surface area contributed by atoms with Crippen molar-refractivity contribution in [3.63, 3.8) is 0 Å². The lowest BCUT2D eigenvalue weighted by Gasteiger charge is -2.26. The number of nitriles is 1. The summed E-state index contributed by atoms with van der Waals surface area (Å²) in [5.74, 6) is -0.906. The fraction of sp³-hybridized carbons (Fsp3) is 0.444. The molecule has 1 aliphatic heterocycles. The number of fused-ring (bicyclic) bond motifs is 3. The molecule has 3 rings (SSSR count). The molecule has 1 N–H and O–H groups in total. The number of benzene rings is 1. The quantitative estimate of drug-likeness (QED) is 0.906. The molecule has 0 saturated heterocycles. The molecule has 126 valence electrons. The molecule has 0 fully saturated rings. The van der Waals surface area contributed by atoms with Gasteiger partial charge in [-0.05, 0) is 44.4 Å². The van der Waals surface area contributed by atoms with Crippen LogP contribution < -0.4 is 0 Å². The topological polar surface area (TPSA) is 75.2 Å². The molecule has 2 aromatic rings. The maximum atomic E-state index is 11.3. The molecule has 0 saturated carbocycles. The lowest BCUT2D eigenvalue weighted by molar-refractivity contribution is -0.140. The van der Waals surface area contributed by atoms with Gasteiger partial charge in [0.05, 0.1) is 34.8 Å². The van der Waals surface area contributed by atoms with Crippen molar-refractivity contribution in [2.24, 2.45) is 0 Å². The minimum atomic E-state index is -0.906. The molecule has 1 atom stereocenters. The smallest absolute Gasteiger partial charge is 0.306 e. The van der Waals surface area contributed by atoms with Crippen LogP contribution in [0.25, 0.3) is 10.9 Å². The number of halogens is 1. The molecule has 0 spiro atoms. The Bertz CT molecular complexity index is 877. The third kappa shape index (κ3) is 2.47. The van der Waals surface area contributed by atoms with Crippen LogP contribution in [0.2, 0.25) is 5.02 Å². The molecule has 1 aromatic heterocycles. The lowest BCUT2D eigenvalue weighted by atomic mass is 9.96. The van der Waals surface area contributed by atoms with Crippen molar-refractivity contribution >= 4 is 28.5 Å². The number of ether oxygens (including phenoxy) is 1. The Morgan fingerprint density at radius 1 is 1.58 bits per heavy atom. The number of aryl methyl sites for hydroxylation is 1. The predicted molar refractivity (Wildman–Crippen MR) is 91.4 cm³/mol. The highest BCUT2D eigenvalue weighted by atomic mass is 35.5. The fourth-order valence-corrected chi connectivity index (χ4v) is 4.02. The average Bonchev–Trinajstić information content (AvgIpc) is 2.84. The van der Waals surface area contributed by atoms with E-state index in [9.17, 15) is 15.2 Å². The van der Waals surface area contributed by atoms with E-state index in [0.29, 0.717) is 23.6 Å². The van der Waals surface area contributed by atoms with Crippen molar-refractivity contribution in [1.29, 1.82) is 5.26 Å². The number of carboxylic acids is 1. The van der Waals surface area contributed by atoms with E-state index in [1.165, 1.54) is 0 Å². The highest BCUT2D eigenvalue weighted by Gasteiger charge is 2.33. The number of nitrogens with zero attached hydrogens (tertiary/aromatic N) is 2. The maximum Gasteiger partial charge on any atom is 0.306 e. The zero-order chi connectivity index (χ0) is 17.6. The number of hydrogen-bond acceptors (Lipinski definition) is 3. The van der Waals surface area contributed by atoms with Gasteiger partial charge in [-0.3, -0.25) is 4.79 Å². The van der Waals surface area contributed by atoms with Crippen LogP contribution in [0.4, 0.5) is 0 Å². The Morgan fingerprint density at radius 3 is 2.88 bits per heavy atom. The largest absolute Gasteiger partial charge is 0.481 e. The number of aromatic nitrogens is 1. The fourth-order valence-electron chi connectivity index (χ4n) is 3.67. The Labute approximate surface area is 145 Å². The summed E-state index contributed by atoms with van der Waals surface area (Å²) >= 11 is 6.53. The monoisotopic (exact) mass is 346 g/mol. The first-order valence-electron chi connectivity index (χ1n) is 7.96. The van der Waals surface area contributed by atoms with Crippen LogP contribution >= 0.6 is 11.6 Å². The normalized spacial score (nSPS) is 17.1. The van der Waals surface area contributed by atoms with Crippen molar-refractivity contribution in [3.05, 3.63) is 33.5 Å². The van der Waals surface area contributed by atoms with Gasteiger partial charge in [-0.2, -0.15) is 5.26 Å². The Morgan fingerprint density at radius 2 is 2.29 bits per heavy atom. The van der Waals surface area contributed by atoms with Crippen molar-refractivity contribution in [3.8, 4) is 6.07 Å². The van der Waals surface area contributed by atoms with Crippen LogP contribution in [-0.4, -0.2) is 22.2 Å². The van der Waals surface area contributed by atoms with Gasteiger partial charge in [0, 0.05) is 11.4 Å². The molecule has 24 heavy (non-hydrogen) atoms. The standard InChI is InChI=1S/C18H19ClN2O3/c1-9(2)21-17-11(4-5-24-14(17)7-15(22)23)16-12(8-20)10(3)6-13(19)18(16)21/h6,9,14H,4-5,7H2,1-3H3,(H,22,23). The zero-order valence-corrected chi connectivity index (χ0v) is 14.6. The summed E-state index contributed by atoms with van der Waals surface area (Å²) in [6, 6.07) is 4.17. The van der Waals surface area contributed by atoms with Gasteiger partial charge in [0.2, 0.25) is 0 Å². The number of aliphatic carboxylic acids is 1. The first-order chi connectivity index (χ1) is 11.4. The van der Waals surface area contributed by atoms with Crippen molar-refractivity contribution in [2.75, 3.05) is 6.61 Å². The number of carboxylic acid groups (broad SMARTS) is 1. The minimum Gasteiger partial charge on any atom is -0.481 e. The summed E-state index contributed by atoms with van der Waals surface area (Å²) in [6.07, 6.45) is 0.0222. The van der Waals surface area contributed by atoms with Crippen LogP contribution in [0.15, 0.2) is 6.07 Å². The molecule has 1 aliphatic rings. The first-order valence-corrected chi connectivity index (χ1v) is 8.33. The van der Waals surface area contributed by atoms with E-state index in [2.05, 4.69) is 6.07 Å². The SMILES string of the molecule is Cc1cc(Cl)c2c(c1C#N)c1c(n2C(C)C)C(CC(=O)O)OCC1. The summed E-state index contributed by atoms with van der Waals surface area (Å²) in [7, 11) is 0. The Hall–Kier alpha value is -2.03. The molecule has 6 heteroatoms. The number of carbonyl (C=O) groups is 1. The van der Waals surface area contributed by atoms with E-state index in [4.69, 9.17) is 16.3 Å². The first kappa shape index (κ1) is 16.8. The summed E-state index contributed by atoms with van der Waals surface area (Å²) in [5, 5.41) is 20.3. The average molecular weight is 347 g/mol. The zero-order valence-electron chi connectivity index (χ0n) is 13.9. The van der Waals surface area contributed by atoms with Crippen LogP contribution in [0.5, 0.6) is 0 Å². The van der Waals surface area contributed by atoms with E-state index in [-0.39, 0.29) is 12.5 Å². The molecule has 0 amide bonds. The van der Waals surface area contributed by atoms with Crippen molar-refractivity contribution < 1.29 is 14.6 Å². The molecular formula is C18H19ClN2O3. The van der Waals surface area contributed by atoms with E-state index < -0.39 is 12.1 Å². The van der Waals surface area contributed by atoms with Gasteiger partial charge in [-0.25, -0.2) is 0 Å². The summed E-state index contributed by atoms with van der Waals surface area (Å²) < 4.78 is 7.79. The minimum absolute atomic E-state index is 0.0704. The van der Waals surface area contributed by atoms with Gasteiger partial charge in [0.1, 0.15) is 12.2 Å². The lowest BCUT2D eigenvalue weighted by Crippen LogP contribution is -2.22. The highest BCUT2D eigenvalue weighted by Crippen LogP contribution is 2.43. The molecule has 5 nitrogen and oxygen atoms in total. The van der Waals surface area contributed by atoms with Crippen LogP contribution in [0.1, 0.15) is 54.8 Å². The van der Waals surface area contributed by atoms with Gasteiger partial charge < -0.3 is 14.4 Å². The molecule has 0 aliphatic carbocycles. The highest BCUT2D eigenvalue weighted by molar-refractivity contribution is 6.35. The maximum absolute atomic E-state index is 11.3. The van der Waals surface area contributed by atoms with Crippen LogP contribution in [-0.2, 0) is 16.0 Å². The molecular weight excluding hydrogens is 328 g/mol. The van der Waals surface area contributed by atoms with E-state index >= 15 is 0 Å². The predicted octanol–water partition coefficient (Wildman–Crippen LogP) is 4.14. The number of rotatable bonds is 3. The second-order valence-electron chi connectivity index (χ2n) is 6.42. The number of hydrogen-bond donors (Lipinski definition) is 1. The Balaban J connectivity index is 2.45. The summed E-state index contributed by atoms with van der Waals surface area (Å²) in [4.78, 5) is 11.3. The van der Waals surface area contributed by atoms with Gasteiger partial charge in [0.15, 0.2) is 0 Å². The summed E-state index contributed by atoms with van der Waals surface area (Å²) in [6.45, 7) is 6.36. The second-order valence-corrected chi connectivity index (χ2v) is 6.83. The molecule has 0 bridgehead atoms. The second kappa shape index (κ2) is 6.12. The van der Waals surface area contributed by atoms with E-state index in [1.807, 2.05) is 25.3 Å².